The Balaban J connectivity index is 1.41. The van der Waals surface area contributed by atoms with Gasteiger partial charge >= 0.3 is 6.03 Å². The molecule has 2 aromatic rings. The zero-order chi connectivity index (χ0) is 18.4. The second-order valence-corrected chi connectivity index (χ2v) is 6.30. The maximum absolute atomic E-state index is 12.1. The highest BCUT2D eigenvalue weighted by molar-refractivity contribution is 5.94. The third-order valence-corrected chi connectivity index (χ3v) is 4.41. The van der Waals surface area contributed by atoms with Crippen LogP contribution in [0.15, 0.2) is 42.5 Å². The second kappa shape index (κ2) is 8.38. The van der Waals surface area contributed by atoms with Crippen LogP contribution in [0.5, 0.6) is 5.75 Å². The summed E-state index contributed by atoms with van der Waals surface area (Å²) in [6, 6.07) is 12.6. The van der Waals surface area contributed by atoms with Crippen molar-refractivity contribution in [3.8, 4) is 5.75 Å². The first-order chi connectivity index (χ1) is 12.6. The number of nitrogens with two attached hydrogens (primary N) is 1. The van der Waals surface area contributed by atoms with Crippen molar-refractivity contribution in [3.63, 3.8) is 0 Å². The van der Waals surface area contributed by atoms with Crippen molar-refractivity contribution < 1.29 is 14.3 Å². The van der Waals surface area contributed by atoms with Crippen molar-refractivity contribution in [2.45, 2.75) is 25.8 Å². The van der Waals surface area contributed by atoms with Gasteiger partial charge in [-0.2, -0.15) is 0 Å². The smallest absolute Gasteiger partial charge is 0.312 e. The van der Waals surface area contributed by atoms with E-state index in [0.29, 0.717) is 25.3 Å². The van der Waals surface area contributed by atoms with E-state index in [1.807, 2.05) is 6.07 Å². The van der Waals surface area contributed by atoms with E-state index in [2.05, 4.69) is 22.8 Å². The Kier molecular flexibility index (Phi) is 5.73. The van der Waals surface area contributed by atoms with Crippen LogP contribution >= 0.6 is 0 Å². The third-order valence-electron chi connectivity index (χ3n) is 4.41. The minimum absolute atomic E-state index is 0.156. The van der Waals surface area contributed by atoms with Gasteiger partial charge in [0.1, 0.15) is 12.4 Å². The predicted molar refractivity (Wildman–Crippen MR) is 99.2 cm³/mol. The number of rotatable bonds is 7. The van der Waals surface area contributed by atoms with Crippen LogP contribution in [-0.2, 0) is 19.4 Å². The van der Waals surface area contributed by atoms with Crippen LogP contribution in [0.1, 0.15) is 33.5 Å². The molecule has 0 aromatic heterocycles. The standard InChI is InChI=1S/C20H23N3O3/c21-20(25)23-13-14-4-6-16(7-5-14)19(24)22-10-11-26-18-9-8-15-2-1-3-17(15)12-18/h4-9,12H,1-3,10-11,13H2,(H,22,24)(H3,21,23,25). The zero-order valence-corrected chi connectivity index (χ0v) is 14.6. The van der Waals surface area contributed by atoms with Crippen molar-refractivity contribution in [3.05, 3.63) is 64.7 Å². The molecule has 1 aliphatic rings. The Bertz CT molecular complexity index is 787. The lowest BCUT2D eigenvalue weighted by Gasteiger charge is -2.10. The lowest BCUT2D eigenvalue weighted by molar-refractivity contribution is 0.0947. The minimum Gasteiger partial charge on any atom is -0.492 e. The monoisotopic (exact) mass is 353 g/mol. The van der Waals surface area contributed by atoms with Crippen LogP contribution in [0.3, 0.4) is 0 Å². The first kappa shape index (κ1) is 17.8. The quantitative estimate of drug-likeness (QED) is 0.666. The van der Waals surface area contributed by atoms with Gasteiger partial charge < -0.3 is 21.1 Å². The van der Waals surface area contributed by atoms with E-state index < -0.39 is 6.03 Å². The molecule has 26 heavy (non-hydrogen) atoms. The molecule has 0 unspecified atom stereocenters. The molecular weight excluding hydrogens is 330 g/mol. The van der Waals surface area contributed by atoms with E-state index in [9.17, 15) is 9.59 Å². The van der Waals surface area contributed by atoms with Crippen LogP contribution in [0.2, 0.25) is 0 Å². The molecule has 0 spiro atoms. The summed E-state index contributed by atoms with van der Waals surface area (Å²) in [5.41, 5.74) is 9.25. The summed E-state index contributed by atoms with van der Waals surface area (Å²) in [4.78, 5) is 22.8. The highest BCUT2D eigenvalue weighted by Crippen LogP contribution is 2.25. The van der Waals surface area contributed by atoms with Gasteiger partial charge in [0.15, 0.2) is 0 Å². The number of primary amides is 1. The number of carbonyl (C=O) groups is 2. The maximum atomic E-state index is 12.1. The van der Waals surface area contributed by atoms with E-state index in [1.54, 1.807) is 24.3 Å². The van der Waals surface area contributed by atoms with Crippen LogP contribution in [0.25, 0.3) is 0 Å². The van der Waals surface area contributed by atoms with E-state index in [4.69, 9.17) is 10.5 Å². The van der Waals surface area contributed by atoms with E-state index in [-0.39, 0.29) is 5.91 Å². The van der Waals surface area contributed by atoms with Crippen LogP contribution in [0, 0.1) is 0 Å². The average molecular weight is 353 g/mol. The Morgan fingerprint density at radius 1 is 1.00 bits per heavy atom. The summed E-state index contributed by atoms with van der Waals surface area (Å²) in [5, 5.41) is 5.34. The molecule has 0 saturated carbocycles. The Morgan fingerprint density at radius 2 is 1.77 bits per heavy atom. The third kappa shape index (κ3) is 4.75. The molecule has 3 rings (SSSR count). The lowest BCUT2D eigenvalue weighted by Crippen LogP contribution is -2.29. The van der Waals surface area contributed by atoms with Gasteiger partial charge in [0.25, 0.3) is 5.91 Å². The number of benzene rings is 2. The van der Waals surface area contributed by atoms with Crippen LogP contribution in [-0.4, -0.2) is 25.1 Å². The number of carbonyl (C=O) groups excluding carboxylic acids is 2. The first-order valence-corrected chi connectivity index (χ1v) is 8.77. The Morgan fingerprint density at radius 3 is 2.54 bits per heavy atom. The molecule has 0 atom stereocenters. The van der Waals surface area contributed by atoms with Gasteiger partial charge in [-0.3, -0.25) is 4.79 Å². The Labute approximate surface area is 152 Å². The van der Waals surface area contributed by atoms with Gasteiger partial charge in [0.05, 0.1) is 6.54 Å². The topological polar surface area (TPSA) is 93.5 Å². The Hall–Kier alpha value is -3.02. The van der Waals surface area contributed by atoms with Crippen LogP contribution < -0.4 is 21.1 Å². The van der Waals surface area contributed by atoms with Gasteiger partial charge in [-0.05, 0) is 60.2 Å². The van der Waals surface area contributed by atoms with Gasteiger partial charge in [0.2, 0.25) is 0 Å². The number of hydrogen-bond donors (Lipinski definition) is 3. The van der Waals surface area contributed by atoms with Crippen molar-refractivity contribution in [2.75, 3.05) is 13.2 Å². The molecule has 6 nitrogen and oxygen atoms in total. The van der Waals surface area contributed by atoms with E-state index in [1.165, 1.54) is 17.5 Å². The summed E-state index contributed by atoms with van der Waals surface area (Å²) < 4.78 is 5.72. The fourth-order valence-corrected chi connectivity index (χ4v) is 3.04. The fraction of sp³-hybridized carbons (Fsp3) is 0.300. The molecule has 1 aliphatic carbocycles. The molecule has 0 radical (unpaired) electrons. The molecule has 0 bridgehead atoms. The van der Waals surface area contributed by atoms with E-state index >= 15 is 0 Å². The van der Waals surface area contributed by atoms with Gasteiger partial charge in [-0.1, -0.05) is 18.2 Å². The summed E-state index contributed by atoms with van der Waals surface area (Å²) in [7, 11) is 0. The predicted octanol–water partition coefficient (Wildman–Crippen LogP) is 2.15. The van der Waals surface area contributed by atoms with Crippen molar-refractivity contribution in [1.29, 1.82) is 0 Å². The number of fused-ring (bicyclic) bond motifs is 1. The number of hydrogen-bond acceptors (Lipinski definition) is 3. The van der Waals surface area contributed by atoms with Crippen molar-refractivity contribution in [2.24, 2.45) is 5.73 Å². The largest absolute Gasteiger partial charge is 0.492 e. The number of amides is 3. The highest BCUT2D eigenvalue weighted by Gasteiger charge is 2.11. The number of ether oxygens (including phenoxy) is 1. The van der Waals surface area contributed by atoms with Crippen molar-refractivity contribution >= 4 is 11.9 Å². The summed E-state index contributed by atoms with van der Waals surface area (Å²) in [6.07, 6.45) is 3.49. The number of nitrogens with one attached hydrogen (secondary N) is 2. The van der Waals surface area contributed by atoms with Gasteiger partial charge in [-0.25, -0.2) is 4.79 Å². The SMILES string of the molecule is NC(=O)NCc1ccc(C(=O)NCCOc2ccc3c(c2)CCC3)cc1. The summed E-state index contributed by atoms with van der Waals surface area (Å²) in [6.45, 7) is 1.19. The highest BCUT2D eigenvalue weighted by atomic mass is 16.5. The zero-order valence-electron chi connectivity index (χ0n) is 14.6. The summed E-state index contributed by atoms with van der Waals surface area (Å²) in [5.74, 6) is 0.697. The van der Waals surface area contributed by atoms with Gasteiger partial charge in [0, 0.05) is 12.1 Å². The first-order valence-electron chi connectivity index (χ1n) is 8.77. The molecule has 0 saturated heterocycles. The summed E-state index contributed by atoms with van der Waals surface area (Å²) >= 11 is 0. The molecule has 136 valence electrons. The van der Waals surface area contributed by atoms with E-state index in [0.717, 1.165) is 24.2 Å². The molecule has 0 fully saturated rings. The molecule has 6 heteroatoms. The average Bonchev–Trinajstić information content (AvgIpc) is 3.11. The lowest BCUT2D eigenvalue weighted by atomic mass is 10.1. The minimum atomic E-state index is -0.574. The van der Waals surface area contributed by atoms with Crippen molar-refractivity contribution in [1.82, 2.24) is 10.6 Å². The van der Waals surface area contributed by atoms with Crippen LogP contribution in [0.4, 0.5) is 4.79 Å². The molecule has 2 aromatic carbocycles. The number of urea groups is 1. The van der Waals surface area contributed by atoms with Gasteiger partial charge in [-0.15, -0.1) is 0 Å². The second-order valence-electron chi connectivity index (χ2n) is 6.30. The number of aryl methyl sites for hydroxylation is 2. The molecule has 0 heterocycles. The fourth-order valence-electron chi connectivity index (χ4n) is 3.04. The molecular formula is C20H23N3O3. The molecule has 4 N–H and O–H groups in total. The molecule has 3 amide bonds. The molecule has 0 aliphatic heterocycles. The maximum Gasteiger partial charge on any atom is 0.312 e. The normalized spacial score (nSPS) is 12.3.